The summed E-state index contributed by atoms with van der Waals surface area (Å²) >= 11 is 0. The van der Waals surface area contributed by atoms with Crippen LogP contribution in [0.4, 0.5) is 0 Å². The number of carbonyl (C=O) groups excluding carboxylic acids is 2. The molecule has 4 N–H and O–H groups in total. The molecule has 0 aliphatic carbocycles. The third kappa shape index (κ3) is 8.02. The monoisotopic (exact) mass is 300 g/mol. The lowest BCUT2D eigenvalue weighted by Crippen LogP contribution is -2.48. The third-order valence-electron chi connectivity index (χ3n) is 3.56. The molecule has 1 rings (SSSR count). The Bertz CT molecular complexity index is 312. The average molecular weight is 300 g/mol. The molecule has 0 aromatic rings. The van der Waals surface area contributed by atoms with Gasteiger partial charge in [0.05, 0.1) is 0 Å². The van der Waals surface area contributed by atoms with Gasteiger partial charge in [-0.05, 0) is 32.2 Å². The molecular weight excluding hydrogens is 272 g/mol. The second kappa shape index (κ2) is 9.73. The summed E-state index contributed by atoms with van der Waals surface area (Å²) in [5.74, 6) is -2.42. The maximum absolute atomic E-state index is 11.8. The van der Waals surface area contributed by atoms with E-state index in [1.807, 2.05) is 0 Å². The summed E-state index contributed by atoms with van der Waals surface area (Å²) in [4.78, 5) is 23.6. The van der Waals surface area contributed by atoms with E-state index >= 15 is 0 Å². The number of nitrogens with two attached hydrogens (primary N) is 2. The van der Waals surface area contributed by atoms with Gasteiger partial charge in [0.1, 0.15) is 0 Å². The maximum Gasteiger partial charge on any atom is 0.315 e. The van der Waals surface area contributed by atoms with Crippen LogP contribution in [-0.4, -0.2) is 24.4 Å². The van der Waals surface area contributed by atoms with Crippen molar-refractivity contribution in [1.82, 2.24) is 0 Å². The molecule has 1 saturated heterocycles. The van der Waals surface area contributed by atoms with Gasteiger partial charge in [-0.3, -0.25) is 15.3 Å². The molecule has 0 aromatic heterocycles. The van der Waals surface area contributed by atoms with Crippen molar-refractivity contribution in [3.8, 4) is 0 Å². The Labute approximate surface area is 126 Å². The predicted molar refractivity (Wildman–Crippen MR) is 78.9 cm³/mol. The van der Waals surface area contributed by atoms with Crippen LogP contribution in [0.15, 0.2) is 0 Å². The first-order valence-corrected chi connectivity index (χ1v) is 7.98. The number of hydrogen-bond acceptors (Lipinski definition) is 6. The van der Waals surface area contributed by atoms with Gasteiger partial charge in [-0.2, -0.15) is 0 Å². The van der Waals surface area contributed by atoms with Gasteiger partial charge in [-0.25, -0.2) is 0 Å². The zero-order valence-corrected chi connectivity index (χ0v) is 12.8. The molecule has 0 spiro atoms. The first-order valence-electron chi connectivity index (χ1n) is 7.98. The molecule has 6 heteroatoms. The van der Waals surface area contributed by atoms with Crippen LogP contribution in [0.3, 0.4) is 0 Å². The van der Waals surface area contributed by atoms with Crippen molar-refractivity contribution in [2.45, 2.75) is 76.5 Å². The van der Waals surface area contributed by atoms with Crippen LogP contribution in [-0.2, 0) is 19.1 Å². The predicted octanol–water partition coefficient (Wildman–Crippen LogP) is 1.95. The number of cyclic esters (lactones) is 2. The lowest BCUT2D eigenvalue weighted by Gasteiger charge is -2.29. The van der Waals surface area contributed by atoms with Gasteiger partial charge in [0.15, 0.2) is 0 Å². The van der Waals surface area contributed by atoms with Crippen molar-refractivity contribution in [3.05, 3.63) is 0 Å². The average Bonchev–Trinajstić information content (AvgIpc) is 2.41. The molecule has 0 unspecified atom stereocenters. The van der Waals surface area contributed by atoms with E-state index in [0.29, 0.717) is 32.2 Å². The molecule has 6 nitrogen and oxygen atoms in total. The van der Waals surface area contributed by atoms with E-state index in [-0.39, 0.29) is 0 Å². The summed E-state index contributed by atoms with van der Waals surface area (Å²) < 4.78 is 10.5. The Morgan fingerprint density at radius 2 is 1.38 bits per heavy atom. The minimum atomic E-state index is -1.62. The minimum Gasteiger partial charge on any atom is -0.409 e. The highest BCUT2D eigenvalue weighted by atomic mass is 16.7. The lowest BCUT2D eigenvalue weighted by molar-refractivity contribution is -0.230. The van der Waals surface area contributed by atoms with Crippen molar-refractivity contribution in [2.24, 2.45) is 11.5 Å². The van der Waals surface area contributed by atoms with Gasteiger partial charge >= 0.3 is 17.8 Å². The molecule has 1 aliphatic rings. The fourth-order valence-electron chi connectivity index (χ4n) is 2.37. The highest BCUT2D eigenvalue weighted by Gasteiger charge is 2.33. The van der Waals surface area contributed by atoms with E-state index in [0.717, 1.165) is 44.9 Å². The van der Waals surface area contributed by atoms with Gasteiger partial charge in [0.2, 0.25) is 0 Å². The van der Waals surface area contributed by atoms with E-state index in [1.165, 1.54) is 0 Å². The normalized spacial score (nSPS) is 20.9. The third-order valence-corrected chi connectivity index (χ3v) is 3.56. The summed E-state index contributed by atoms with van der Waals surface area (Å²) in [5.41, 5.74) is 11.4. The molecule has 21 heavy (non-hydrogen) atoms. The SMILES string of the molecule is NCCCCCC1(N)OC(=O)CCCCCCCC(=O)O1. The van der Waals surface area contributed by atoms with Crippen LogP contribution in [0, 0.1) is 0 Å². The summed E-state index contributed by atoms with van der Waals surface area (Å²) in [6.07, 6.45) is 7.93. The Hall–Kier alpha value is -1.14. The van der Waals surface area contributed by atoms with Gasteiger partial charge < -0.3 is 15.2 Å². The fourth-order valence-corrected chi connectivity index (χ4v) is 2.37. The Balaban J connectivity index is 2.58. The second-order valence-corrected chi connectivity index (χ2v) is 5.63. The van der Waals surface area contributed by atoms with Gasteiger partial charge in [0, 0.05) is 19.3 Å². The minimum absolute atomic E-state index is 0.310. The van der Waals surface area contributed by atoms with Gasteiger partial charge in [-0.15, -0.1) is 0 Å². The maximum atomic E-state index is 11.8. The quantitative estimate of drug-likeness (QED) is 0.594. The molecule has 1 aliphatic heterocycles. The number of carbonyl (C=O) groups is 2. The molecular formula is C15H28N2O4. The van der Waals surface area contributed by atoms with Crippen LogP contribution >= 0.6 is 0 Å². The first kappa shape index (κ1) is 17.9. The number of esters is 2. The number of hydrogen-bond donors (Lipinski definition) is 2. The highest BCUT2D eigenvalue weighted by molar-refractivity contribution is 5.72. The molecule has 0 bridgehead atoms. The largest absolute Gasteiger partial charge is 0.409 e. The molecule has 0 atom stereocenters. The van der Waals surface area contributed by atoms with E-state index in [2.05, 4.69) is 0 Å². The first-order chi connectivity index (χ1) is 10.1. The Morgan fingerprint density at radius 1 is 0.857 bits per heavy atom. The summed E-state index contributed by atoms with van der Waals surface area (Å²) in [6.45, 7) is 0.608. The van der Waals surface area contributed by atoms with E-state index in [9.17, 15) is 9.59 Å². The standard InChI is InChI=1S/C15H28N2O4/c16-12-8-4-7-11-15(17)20-13(18)9-5-2-1-3-6-10-14(19)21-15/h1-12,16-17H2. The van der Waals surface area contributed by atoms with Crippen LogP contribution < -0.4 is 11.5 Å². The van der Waals surface area contributed by atoms with Gasteiger partial charge in [0.25, 0.3) is 0 Å². The summed E-state index contributed by atoms with van der Waals surface area (Å²) in [7, 11) is 0. The summed E-state index contributed by atoms with van der Waals surface area (Å²) in [6, 6.07) is 0. The smallest absolute Gasteiger partial charge is 0.315 e. The van der Waals surface area contributed by atoms with E-state index < -0.39 is 17.8 Å². The van der Waals surface area contributed by atoms with Crippen molar-refractivity contribution < 1.29 is 19.1 Å². The molecule has 0 saturated carbocycles. The zero-order valence-electron chi connectivity index (χ0n) is 12.8. The summed E-state index contributed by atoms with van der Waals surface area (Å²) in [5, 5.41) is 0. The molecule has 0 aromatic carbocycles. The van der Waals surface area contributed by atoms with Crippen LogP contribution in [0.1, 0.15) is 70.6 Å². The Morgan fingerprint density at radius 3 is 1.90 bits per heavy atom. The second-order valence-electron chi connectivity index (χ2n) is 5.63. The van der Waals surface area contributed by atoms with Gasteiger partial charge in [-0.1, -0.05) is 25.7 Å². The van der Waals surface area contributed by atoms with Crippen molar-refractivity contribution >= 4 is 11.9 Å². The van der Waals surface area contributed by atoms with Crippen LogP contribution in [0.2, 0.25) is 0 Å². The molecule has 0 radical (unpaired) electrons. The fraction of sp³-hybridized carbons (Fsp3) is 0.867. The highest BCUT2D eigenvalue weighted by Crippen LogP contribution is 2.20. The number of unbranched alkanes of at least 4 members (excludes halogenated alkanes) is 2. The zero-order chi connectivity index (χ0) is 15.6. The van der Waals surface area contributed by atoms with Crippen LogP contribution in [0.5, 0.6) is 0 Å². The van der Waals surface area contributed by atoms with Crippen molar-refractivity contribution in [2.75, 3.05) is 6.54 Å². The van der Waals surface area contributed by atoms with Crippen LogP contribution in [0.25, 0.3) is 0 Å². The van der Waals surface area contributed by atoms with E-state index in [1.54, 1.807) is 0 Å². The topological polar surface area (TPSA) is 105 Å². The molecule has 122 valence electrons. The van der Waals surface area contributed by atoms with E-state index in [4.69, 9.17) is 20.9 Å². The number of ether oxygens (including phenoxy) is 2. The number of rotatable bonds is 5. The molecule has 0 amide bonds. The molecule has 1 fully saturated rings. The Kier molecular flexibility index (Phi) is 8.30. The van der Waals surface area contributed by atoms with Crippen molar-refractivity contribution in [3.63, 3.8) is 0 Å². The van der Waals surface area contributed by atoms with Crippen molar-refractivity contribution in [1.29, 1.82) is 0 Å². The molecule has 1 heterocycles. The lowest BCUT2D eigenvalue weighted by atomic mass is 10.1.